The lowest BCUT2D eigenvalue weighted by Gasteiger charge is -2.12. The summed E-state index contributed by atoms with van der Waals surface area (Å²) in [5, 5.41) is 2.94. The molecule has 1 unspecified atom stereocenters. The molecule has 1 N–H and O–H groups in total. The Bertz CT molecular complexity index is 341. The average Bonchev–Trinajstić information content (AvgIpc) is 2.18. The van der Waals surface area contributed by atoms with E-state index in [1.807, 2.05) is 6.92 Å². The topological polar surface area (TPSA) is 42.0 Å². The first kappa shape index (κ1) is 12.2. The van der Waals surface area contributed by atoms with Crippen molar-refractivity contribution in [2.45, 2.75) is 32.7 Å². The number of nitrogens with zero attached hydrogens (tertiary/aromatic N) is 1. The fraction of sp³-hybridized carbons (Fsp3) is 0.455. The number of nitrogens with one attached hydrogen (secondary N) is 1. The summed E-state index contributed by atoms with van der Waals surface area (Å²) >= 11 is 3.24. The van der Waals surface area contributed by atoms with Crippen LogP contribution in [0.15, 0.2) is 22.9 Å². The predicted molar refractivity (Wildman–Crippen MR) is 63.8 cm³/mol. The van der Waals surface area contributed by atoms with Crippen LogP contribution in [0.5, 0.6) is 0 Å². The van der Waals surface area contributed by atoms with Gasteiger partial charge in [-0.25, -0.2) is 4.98 Å². The molecule has 1 heterocycles. The van der Waals surface area contributed by atoms with E-state index >= 15 is 0 Å². The minimum absolute atomic E-state index is 0.0425. The van der Waals surface area contributed by atoms with Gasteiger partial charge in [-0.15, -0.1) is 0 Å². The number of carbonyl (C=O) groups is 1. The molecule has 15 heavy (non-hydrogen) atoms. The molecule has 82 valence electrons. The van der Waals surface area contributed by atoms with E-state index in [4.69, 9.17) is 0 Å². The molecule has 0 fully saturated rings. The van der Waals surface area contributed by atoms with Gasteiger partial charge in [-0.3, -0.25) is 4.79 Å². The Morgan fingerprint density at radius 1 is 1.67 bits per heavy atom. The maximum absolute atomic E-state index is 11.7. The van der Waals surface area contributed by atoms with Gasteiger partial charge in [-0.2, -0.15) is 0 Å². The van der Waals surface area contributed by atoms with E-state index < -0.39 is 0 Å². The van der Waals surface area contributed by atoms with Crippen LogP contribution in [0, 0.1) is 0 Å². The average molecular weight is 271 g/mol. The van der Waals surface area contributed by atoms with E-state index in [2.05, 4.69) is 33.2 Å². The van der Waals surface area contributed by atoms with Crippen molar-refractivity contribution in [2.24, 2.45) is 0 Å². The molecule has 4 heteroatoms. The highest BCUT2D eigenvalue weighted by Gasteiger charge is 2.09. The third kappa shape index (κ3) is 4.00. The molecule has 0 saturated heterocycles. The Morgan fingerprint density at radius 2 is 2.40 bits per heavy atom. The second-order valence-corrected chi connectivity index (χ2v) is 4.34. The van der Waals surface area contributed by atoms with E-state index in [9.17, 15) is 4.79 Å². The lowest BCUT2D eigenvalue weighted by molar-refractivity contribution is 0.0938. The van der Waals surface area contributed by atoms with E-state index in [0.29, 0.717) is 10.2 Å². The molecule has 3 nitrogen and oxygen atoms in total. The van der Waals surface area contributed by atoms with Gasteiger partial charge in [0.05, 0.1) is 0 Å². The predicted octanol–water partition coefficient (Wildman–Crippen LogP) is 2.76. The minimum Gasteiger partial charge on any atom is -0.350 e. The highest BCUT2D eigenvalue weighted by Crippen LogP contribution is 2.08. The van der Waals surface area contributed by atoms with E-state index in [-0.39, 0.29) is 11.9 Å². The van der Waals surface area contributed by atoms with Crippen molar-refractivity contribution in [1.82, 2.24) is 10.3 Å². The van der Waals surface area contributed by atoms with Gasteiger partial charge in [0.15, 0.2) is 0 Å². The van der Waals surface area contributed by atoms with Gasteiger partial charge < -0.3 is 5.32 Å². The summed E-state index contributed by atoms with van der Waals surface area (Å²) in [4.78, 5) is 15.7. The van der Waals surface area contributed by atoms with Crippen molar-refractivity contribution in [1.29, 1.82) is 0 Å². The number of amides is 1. The first-order valence-electron chi connectivity index (χ1n) is 5.06. The van der Waals surface area contributed by atoms with Gasteiger partial charge in [0.25, 0.3) is 5.91 Å². The van der Waals surface area contributed by atoms with Crippen LogP contribution in [0.1, 0.15) is 37.0 Å². The molecule has 0 aliphatic carbocycles. The molecule has 0 aliphatic rings. The molecule has 0 aliphatic heterocycles. The van der Waals surface area contributed by atoms with Crippen LogP contribution in [0.2, 0.25) is 0 Å². The summed E-state index contributed by atoms with van der Waals surface area (Å²) < 4.78 is 0.679. The van der Waals surface area contributed by atoms with Crippen LogP contribution in [-0.4, -0.2) is 16.9 Å². The van der Waals surface area contributed by atoms with Crippen LogP contribution in [-0.2, 0) is 0 Å². The highest BCUT2D eigenvalue weighted by atomic mass is 79.9. The van der Waals surface area contributed by atoms with Crippen molar-refractivity contribution in [2.75, 3.05) is 0 Å². The fourth-order valence-corrected chi connectivity index (χ4v) is 1.72. The van der Waals surface area contributed by atoms with Crippen LogP contribution in [0.4, 0.5) is 0 Å². The van der Waals surface area contributed by atoms with E-state index in [1.165, 1.54) is 0 Å². The third-order valence-electron chi connectivity index (χ3n) is 2.09. The number of rotatable bonds is 4. The Hall–Kier alpha value is -0.900. The molecule has 1 aromatic heterocycles. The van der Waals surface area contributed by atoms with Crippen LogP contribution in [0.3, 0.4) is 0 Å². The Balaban J connectivity index is 2.61. The number of hydrogen-bond acceptors (Lipinski definition) is 2. The lowest BCUT2D eigenvalue weighted by Crippen LogP contribution is -2.32. The standard InChI is InChI=1S/C11H15BrN2O/c1-3-4-8(2)14-11(15)9-5-6-13-10(12)7-9/h5-8H,3-4H2,1-2H3,(H,14,15). The van der Waals surface area contributed by atoms with Crippen molar-refractivity contribution >= 4 is 21.8 Å². The molecule has 0 aromatic carbocycles. The first-order valence-corrected chi connectivity index (χ1v) is 5.85. The number of carbonyl (C=O) groups excluding carboxylic acids is 1. The smallest absolute Gasteiger partial charge is 0.251 e. The van der Waals surface area contributed by atoms with Crippen molar-refractivity contribution in [3.8, 4) is 0 Å². The summed E-state index contributed by atoms with van der Waals surface area (Å²) in [6.45, 7) is 4.11. The minimum atomic E-state index is -0.0425. The molecule has 0 bridgehead atoms. The zero-order chi connectivity index (χ0) is 11.3. The molecule has 1 aromatic rings. The normalized spacial score (nSPS) is 12.2. The number of halogens is 1. The first-order chi connectivity index (χ1) is 7.13. The van der Waals surface area contributed by atoms with E-state index in [1.54, 1.807) is 18.3 Å². The van der Waals surface area contributed by atoms with Gasteiger partial charge in [-0.1, -0.05) is 13.3 Å². The Kier molecular flexibility index (Phi) is 4.75. The van der Waals surface area contributed by atoms with Gasteiger partial charge in [0.1, 0.15) is 4.60 Å². The molecule has 0 spiro atoms. The maximum Gasteiger partial charge on any atom is 0.251 e. The van der Waals surface area contributed by atoms with Crippen molar-refractivity contribution < 1.29 is 4.79 Å². The van der Waals surface area contributed by atoms with Gasteiger partial charge in [0, 0.05) is 17.8 Å². The Labute approximate surface area is 98.4 Å². The summed E-state index contributed by atoms with van der Waals surface area (Å²) in [7, 11) is 0. The Morgan fingerprint density at radius 3 is 3.00 bits per heavy atom. The largest absolute Gasteiger partial charge is 0.350 e. The maximum atomic E-state index is 11.7. The zero-order valence-corrected chi connectivity index (χ0v) is 10.5. The fourth-order valence-electron chi connectivity index (χ4n) is 1.36. The third-order valence-corrected chi connectivity index (χ3v) is 2.52. The van der Waals surface area contributed by atoms with Crippen LogP contribution in [0.25, 0.3) is 0 Å². The number of hydrogen-bond donors (Lipinski definition) is 1. The molecule has 1 amide bonds. The van der Waals surface area contributed by atoms with Crippen molar-refractivity contribution in [3.63, 3.8) is 0 Å². The second-order valence-electron chi connectivity index (χ2n) is 3.53. The van der Waals surface area contributed by atoms with Crippen molar-refractivity contribution in [3.05, 3.63) is 28.5 Å². The molecular formula is C11H15BrN2O. The number of pyridine rings is 1. The van der Waals surface area contributed by atoms with E-state index in [0.717, 1.165) is 12.8 Å². The molecule has 0 saturated carbocycles. The molecule has 1 atom stereocenters. The SMILES string of the molecule is CCCC(C)NC(=O)c1ccnc(Br)c1. The monoisotopic (exact) mass is 270 g/mol. The van der Waals surface area contributed by atoms with Gasteiger partial charge >= 0.3 is 0 Å². The zero-order valence-electron chi connectivity index (χ0n) is 8.96. The summed E-state index contributed by atoms with van der Waals surface area (Å²) in [6.07, 6.45) is 3.68. The molecule has 0 radical (unpaired) electrons. The van der Waals surface area contributed by atoms with Crippen LogP contribution < -0.4 is 5.32 Å². The summed E-state index contributed by atoms with van der Waals surface area (Å²) in [5.41, 5.74) is 0.639. The number of aromatic nitrogens is 1. The van der Waals surface area contributed by atoms with Crippen LogP contribution >= 0.6 is 15.9 Å². The summed E-state index contributed by atoms with van der Waals surface area (Å²) in [6, 6.07) is 3.64. The summed E-state index contributed by atoms with van der Waals surface area (Å²) in [5.74, 6) is -0.0425. The van der Waals surface area contributed by atoms with Gasteiger partial charge in [0.2, 0.25) is 0 Å². The second kappa shape index (κ2) is 5.85. The van der Waals surface area contributed by atoms with Gasteiger partial charge in [-0.05, 0) is 41.4 Å². The molecular weight excluding hydrogens is 256 g/mol. The molecule has 1 rings (SSSR count). The quantitative estimate of drug-likeness (QED) is 0.855. The highest BCUT2D eigenvalue weighted by molar-refractivity contribution is 9.10. The lowest BCUT2D eigenvalue weighted by atomic mass is 10.2.